The highest BCUT2D eigenvalue weighted by molar-refractivity contribution is 7.98. The van der Waals surface area contributed by atoms with Crippen LogP contribution in [0, 0.1) is 5.41 Å². The Labute approximate surface area is 154 Å². The number of imidazole rings is 1. The van der Waals surface area contributed by atoms with Crippen LogP contribution < -0.4 is 5.32 Å². The van der Waals surface area contributed by atoms with E-state index in [0.29, 0.717) is 35.0 Å². The first-order chi connectivity index (χ1) is 12.2. The second-order valence-electron chi connectivity index (χ2n) is 6.75. The number of aliphatic hydroxyl groups excluding tert-OH is 1. The number of fused-ring (bicyclic) bond motifs is 1. The molecule has 26 heavy (non-hydrogen) atoms. The number of hydrogen-bond acceptors (Lipinski definition) is 8. The highest BCUT2D eigenvalue weighted by atomic mass is 32.2. The van der Waals surface area contributed by atoms with Crippen molar-refractivity contribution in [3.05, 3.63) is 6.33 Å². The second-order valence-corrected chi connectivity index (χ2v) is 8.76. The van der Waals surface area contributed by atoms with Crippen LogP contribution in [-0.2, 0) is 9.09 Å². The first-order valence-corrected chi connectivity index (χ1v) is 10.8. The van der Waals surface area contributed by atoms with E-state index in [0.717, 1.165) is 0 Å². The van der Waals surface area contributed by atoms with Crippen LogP contribution in [0.4, 0.5) is 5.82 Å². The lowest BCUT2D eigenvalue weighted by Gasteiger charge is -2.23. The molecular weight excluding hydrogens is 381 g/mol. The van der Waals surface area contributed by atoms with E-state index in [2.05, 4.69) is 24.8 Å². The maximum Gasteiger partial charge on any atom is 0.469 e. The molecule has 2 aromatic heterocycles. The molecule has 1 aliphatic rings. The Balaban J connectivity index is 1.93. The molecule has 0 bridgehead atoms. The first kappa shape index (κ1) is 19.5. The second kappa shape index (κ2) is 7.06. The van der Waals surface area contributed by atoms with Crippen LogP contribution in [0.25, 0.3) is 11.2 Å². The molecule has 2 aromatic rings. The number of phosphoric acid groups is 1. The minimum atomic E-state index is -4.55. The number of aromatic nitrogens is 4. The number of phosphoric ester groups is 1. The summed E-state index contributed by atoms with van der Waals surface area (Å²) < 4.78 is 17.5. The molecule has 0 aliphatic heterocycles. The van der Waals surface area contributed by atoms with Gasteiger partial charge in [0, 0.05) is 7.05 Å². The number of thioether (sulfide) groups is 1. The van der Waals surface area contributed by atoms with E-state index in [1.54, 1.807) is 13.4 Å². The number of nitrogens with one attached hydrogen (secondary N) is 1. The zero-order valence-electron chi connectivity index (χ0n) is 14.7. The van der Waals surface area contributed by atoms with Crippen LogP contribution in [-0.4, -0.2) is 60.4 Å². The minimum absolute atomic E-state index is 0.135. The molecule has 12 heteroatoms. The summed E-state index contributed by atoms with van der Waals surface area (Å²) in [6.45, 7) is 1.70. The fraction of sp³-hybridized carbons (Fsp3) is 0.643. The Morgan fingerprint density at radius 1 is 1.46 bits per heavy atom. The van der Waals surface area contributed by atoms with Crippen molar-refractivity contribution in [2.24, 2.45) is 5.41 Å². The van der Waals surface area contributed by atoms with Crippen molar-refractivity contribution in [3.8, 4) is 0 Å². The van der Waals surface area contributed by atoms with E-state index >= 15 is 0 Å². The summed E-state index contributed by atoms with van der Waals surface area (Å²) in [6, 6.07) is -0.320. The van der Waals surface area contributed by atoms with Crippen molar-refractivity contribution in [3.63, 3.8) is 0 Å². The maximum atomic E-state index is 11.0. The molecule has 3 rings (SSSR count). The molecule has 1 saturated carbocycles. The van der Waals surface area contributed by atoms with Crippen LogP contribution in [0.3, 0.4) is 0 Å². The van der Waals surface area contributed by atoms with E-state index in [4.69, 9.17) is 9.79 Å². The molecule has 3 atom stereocenters. The predicted octanol–water partition coefficient (Wildman–Crippen LogP) is 1.40. The molecule has 10 nitrogen and oxygen atoms in total. The molecule has 2 heterocycles. The molecule has 4 N–H and O–H groups in total. The Morgan fingerprint density at radius 2 is 2.19 bits per heavy atom. The van der Waals surface area contributed by atoms with E-state index in [9.17, 15) is 9.67 Å². The van der Waals surface area contributed by atoms with Gasteiger partial charge in [0.05, 0.1) is 25.1 Å². The van der Waals surface area contributed by atoms with Gasteiger partial charge in [-0.1, -0.05) is 18.7 Å². The molecule has 0 radical (unpaired) electrons. The Hall–Kier alpha value is -1.23. The SMILES string of the molecule is CNc1nc(SC)nc2c1ncn2[C@@H]1C[C@](C)(COP(=O)(O)O)C[C@H]1O. The molecule has 1 aliphatic carbocycles. The van der Waals surface area contributed by atoms with Crippen molar-refractivity contribution in [2.45, 2.75) is 37.1 Å². The van der Waals surface area contributed by atoms with Gasteiger partial charge in [-0.25, -0.2) is 19.5 Å². The summed E-state index contributed by atoms with van der Waals surface area (Å²) in [6.07, 6.45) is 3.63. The fourth-order valence-electron chi connectivity index (χ4n) is 3.41. The summed E-state index contributed by atoms with van der Waals surface area (Å²) in [5, 5.41) is 14.2. The highest BCUT2D eigenvalue weighted by Gasteiger charge is 2.44. The summed E-state index contributed by atoms with van der Waals surface area (Å²) in [5.74, 6) is 0.609. The lowest BCUT2D eigenvalue weighted by Crippen LogP contribution is -2.20. The Morgan fingerprint density at radius 3 is 2.81 bits per heavy atom. The smallest absolute Gasteiger partial charge is 0.391 e. The Kier molecular flexibility index (Phi) is 5.31. The van der Waals surface area contributed by atoms with E-state index < -0.39 is 19.3 Å². The molecule has 0 amide bonds. The molecular formula is C14H22N5O5PS. The van der Waals surface area contributed by atoms with Gasteiger partial charge in [0.25, 0.3) is 0 Å². The standard InChI is InChI=1S/C14H22N5O5PS/c1-14(6-24-25(21,22)23)4-8(9(20)5-14)19-7-16-10-11(15-2)17-13(26-3)18-12(10)19/h7-9,20H,4-6H2,1-3H3,(H,15,17,18)(H2,21,22,23)/t8-,9-,14+/m1/s1. The maximum absolute atomic E-state index is 11.0. The average Bonchev–Trinajstić information content (AvgIpc) is 3.12. The number of rotatable bonds is 6. The van der Waals surface area contributed by atoms with E-state index in [1.165, 1.54) is 11.8 Å². The van der Waals surface area contributed by atoms with Crippen LogP contribution in [0.2, 0.25) is 0 Å². The first-order valence-electron chi connectivity index (χ1n) is 8.00. The van der Waals surface area contributed by atoms with Crippen LogP contribution in [0.5, 0.6) is 0 Å². The predicted molar refractivity (Wildman–Crippen MR) is 97.0 cm³/mol. The summed E-state index contributed by atoms with van der Waals surface area (Å²) in [5.41, 5.74) is 0.652. The van der Waals surface area contributed by atoms with Crippen molar-refractivity contribution in [1.29, 1.82) is 0 Å². The Bertz CT molecular complexity index is 858. The van der Waals surface area contributed by atoms with Gasteiger partial charge in [0.1, 0.15) is 0 Å². The monoisotopic (exact) mass is 403 g/mol. The zero-order valence-corrected chi connectivity index (χ0v) is 16.4. The molecule has 0 saturated heterocycles. The van der Waals surface area contributed by atoms with Gasteiger partial charge in [-0.3, -0.25) is 4.52 Å². The zero-order chi connectivity index (χ0) is 19.1. The molecule has 144 valence electrons. The minimum Gasteiger partial charge on any atom is -0.391 e. The van der Waals surface area contributed by atoms with Gasteiger partial charge in [0.2, 0.25) is 0 Å². The van der Waals surface area contributed by atoms with Crippen LogP contribution >= 0.6 is 19.6 Å². The third-order valence-electron chi connectivity index (χ3n) is 4.61. The highest BCUT2D eigenvalue weighted by Crippen LogP contribution is 2.48. The van der Waals surface area contributed by atoms with Crippen molar-refractivity contribution < 1.29 is 24.0 Å². The van der Waals surface area contributed by atoms with E-state index in [-0.39, 0.29) is 12.6 Å². The van der Waals surface area contributed by atoms with Gasteiger partial charge < -0.3 is 24.8 Å². The van der Waals surface area contributed by atoms with E-state index in [1.807, 2.05) is 17.7 Å². The van der Waals surface area contributed by atoms with Gasteiger partial charge >= 0.3 is 7.82 Å². The quantitative estimate of drug-likeness (QED) is 0.317. The molecule has 0 aromatic carbocycles. The average molecular weight is 403 g/mol. The topological polar surface area (TPSA) is 143 Å². The number of aliphatic hydroxyl groups is 1. The summed E-state index contributed by atoms with van der Waals surface area (Å²) in [4.78, 5) is 31.2. The lowest BCUT2D eigenvalue weighted by atomic mass is 9.90. The summed E-state index contributed by atoms with van der Waals surface area (Å²) in [7, 11) is -2.80. The van der Waals surface area contributed by atoms with Crippen molar-refractivity contribution >= 4 is 36.6 Å². The number of hydrogen-bond donors (Lipinski definition) is 4. The lowest BCUT2D eigenvalue weighted by molar-refractivity contribution is 0.100. The van der Waals surface area contributed by atoms with Gasteiger partial charge in [-0.05, 0) is 24.5 Å². The van der Waals surface area contributed by atoms with Gasteiger partial charge in [-0.2, -0.15) is 0 Å². The largest absolute Gasteiger partial charge is 0.469 e. The van der Waals surface area contributed by atoms with Crippen molar-refractivity contribution in [1.82, 2.24) is 19.5 Å². The normalized spacial score (nSPS) is 26.5. The molecule has 1 fully saturated rings. The van der Waals surface area contributed by atoms with Gasteiger partial charge in [0.15, 0.2) is 22.1 Å². The fourth-order valence-corrected chi connectivity index (χ4v) is 4.25. The number of nitrogens with zero attached hydrogens (tertiary/aromatic N) is 4. The third kappa shape index (κ3) is 3.88. The van der Waals surface area contributed by atoms with Crippen LogP contribution in [0.1, 0.15) is 25.8 Å². The third-order valence-corrected chi connectivity index (χ3v) is 5.62. The van der Waals surface area contributed by atoms with Crippen LogP contribution in [0.15, 0.2) is 11.5 Å². The van der Waals surface area contributed by atoms with Gasteiger partial charge in [-0.15, -0.1) is 0 Å². The number of anilines is 1. The molecule has 0 unspecified atom stereocenters. The molecule has 0 spiro atoms. The van der Waals surface area contributed by atoms with Crippen molar-refractivity contribution in [2.75, 3.05) is 25.2 Å². The summed E-state index contributed by atoms with van der Waals surface area (Å²) >= 11 is 1.41.